The number of H-pyrrole nitrogens is 1. The molecule has 1 aromatic heterocycles. The number of rotatable bonds is 3. The second kappa shape index (κ2) is 5.16. The molecule has 1 N–H and O–H groups in total. The zero-order valence-electron chi connectivity index (χ0n) is 12.0. The Balaban J connectivity index is 2.26. The molecule has 0 amide bonds. The van der Waals surface area contributed by atoms with Gasteiger partial charge in [0, 0.05) is 17.5 Å². The maximum Gasteiger partial charge on any atom is 0.123 e. The van der Waals surface area contributed by atoms with E-state index in [0.29, 0.717) is 6.42 Å². The first kappa shape index (κ1) is 13.8. The smallest absolute Gasteiger partial charge is 0.123 e. The van der Waals surface area contributed by atoms with Gasteiger partial charge in [-0.15, -0.1) is 0 Å². The minimum atomic E-state index is -0.201. The Hall–Kier alpha value is -1.64. The lowest BCUT2D eigenvalue weighted by Gasteiger charge is -2.16. The summed E-state index contributed by atoms with van der Waals surface area (Å²) in [7, 11) is 0. The normalized spacial score (nSPS) is 11.8. The summed E-state index contributed by atoms with van der Waals surface area (Å²) in [4.78, 5) is 8.12. The van der Waals surface area contributed by atoms with E-state index >= 15 is 0 Å². The van der Waals surface area contributed by atoms with Crippen LogP contribution in [0.2, 0.25) is 0 Å². The van der Waals surface area contributed by atoms with Crippen molar-refractivity contribution in [3.63, 3.8) is 0 Å². The van der Waals surface area contributed by atoms with E-state index in [1.165, 1.54) is 17.8 Å². The van der Waals surface area contributed by atoms with Gasteiger partial charge in [-0.1, -0.05) is 39.8 Å². The lowest BCUT2D eigenvalue weighted by molar-refractivity contribution is 0.564. The third kappa shape index (κ3) is 3.22. The van der Waals surface area contributed by atoms with Gasteiger partial charge in [0.1, 0.15) is 11.6 Å². The average molecular weight is 260 g/mol. The number of aromatic nitrogens is 2. The van der Waals surface area contributed by atoms with Gasteiger partial charge < -0.3 is 4.98 Å². The average Bonchev–Trinajstić information content (AvgIpc) is 2.75. The molecule has 3 heteroatoms. The van der Waals surface area contributed by atoms with E-state index in [2.05, 4.69) is 32.7 Å². The Labute approximate surface area is 114 Å². The minimum Gasteiger partial charge on any atom is -0.345 e. The molecule has 2 rings (SSSR count). The molecule has 0 atom stereocenters. The van der Waals surface area contributed by atoms with Gasteiger partial charge >= 0.3 is 0 Å². The van der Waals surface area contributed by atoms with Crippen LogP contribution in [0.1, 0.15) is 50.5 Å². The summed E-state index contributed by atoms with van der Waals surface area (Å²) in [5.74, 6) is 0.751. The van der Waals surface area contributed by atoms with E-state index in [-0.39, 0.29) is 11.2 Å². The lowest BCUT2D eigenvalue weighted by atomic mass is 9.90. The molecule has 0 saturated heterocycles. The first-order valence-corrected chi connectivity index (χ1v) is 6.73. The van der Waals surface area contributed by atoms with Gasteiger partial charge in [0.05, 0.1) is 5.69 Å². The zero-order chi connectivity index (χ0) is 14.0. The molecule has 19 heavy (non-hydrogen) atoms. The van der Waals surface area contributed by atoms with Crippen LogP contribution < -0.4 is 0 Å². The molecule has 2 aromatic rings. The largest absolute Gasteiger partial charge is 0.345 e. The SMILES string of the molecule is CCc1[nH]c(Cc2ccc(F)cc2)nc1C(C)(C)C. The van der Waals surface area contributed by atoms with Crippen LogP contribution in [0.5, 0.6) is 0 Å². The van der Waals surface area contributed by atoms with Crippen molar-refractivity contribution in [3.8, 4) is 0 Å². The standard InChI is InChI=1S/C16H21FN2/c1-5-13-15(16(2,3)4)19-14(18-13)10-11-6-8-12(17)9-7-11/h6-9H,5,10H2,1-4H3,(H,18,19). The Morgan fingerprint density at radius 3 is 2.26 bits per heavy atom. The molecule has 0 aliphatic heterocycles. The molecule has 0 aliphatic carbocycles. The van der Waals surface area contributed by atoms with Gasteiger partial charge in [0.15, 0.2) is 0 Å². The zero-order valence-corrected chi connectivity index (χ0v) is 12.0. The van der Waals surface area contributed by atoms with Gasteiger partial charge in [-0.05, 0) is 24.1 Å². The van der Waals surface area contributed by atoms with E-state index in [1.807, 2.05) is 0 Å². The van der Waals surface area contributed by atoms with E-state index in [4.69, 9.17) is 4.98 Å². The van der Waals surface area contributed by atoms with E-state index in [9.17, 15) is 4.39 Å². The van der Waals surface area contributed by atoms with Gasteiger partial charge in [-0.25, -0.2) is 9.37 Å². The van der Waals surface area contributed by atoms with E-state index in [0.717, 1.165) is 23.5 Å². The van der Waals surface area contributed by atoms with Crippen LogP contribution in [0.15, 0.2) is 24.3 Å². The number of nitrogens with zero attached hydrogens (tertiary/aromatic N) is 1. The number of benzene rings is 1. The molecule has 0 spiro atoms. The number of hydrogen-bond donors (Lipinski definition) is 1. The molecular formula is C16H21FN2. The third-order valence-electron chi connectivity index (χ3n) is 3.18. The highest BCUT2D eigenvalue weighted by atomic mass is 19.1. The van der Waals surface area contributed by atoms with Crippen LogP contribution >= 0.6 is 0 Å². The Bertz CT molecular complexity index is 547. The molecule has 0 aliphatic rings. The highest BCUT2D eigenvalue weighted by Crippen LogP contribution is 2.25. The van der Waals surface area contributed by atoms with Crippen LogP contribution in [0, 0.1) is 5.82 Å². The molecule has 0 fully saturated rings. The molecule has 0 radical (unpaired) electrons. The van der Waals surface area contributed by atoms with Crippen molar-refractivity contribution in [3.05, 3.63) is 52.9 Å². The Morgan fingerprint density at radius 2 is 1.79 bits per heavy atom. The summed E-state index contributed by atoms with van der Waals surface area (Å²) >= 11 is 0. The van der Waals surface area contributed by atoms with Crippen molar-refractivity contribution < 1.29 is 4.39 Å². The van der Waals surface area contributed by atoms with Crippen molar-refractivity contribution in [1.29, 1.82) is 0 Å². The van der Waals surface area contributed by atoms with Gasteiger partial charge in [0.2, 0.25) is 0 Å². The monoisotopic (exact) mass is 260 g/mol. The predicted molar refractivity (Wildman–Crippen MR) is 75.9 cm³/mol. The topological polar surface area (TPSA) is 28.7 Å². The number of aromatic amines is 1. The lowest BCUT2D eigenvalue weighted by Crippen LogP contribution is -2.14. The second-order valence-corrected chi connectivity index (χ2v) is 5.92. The van der Waals surface area contributed by atoms with E-state index in [1.54, 1.807) is 12.1 Å². The molecule has 1 heterocycles. The number of nitrogens with one attached hydrogen (secondary N) is 1. The number of halogens is 1. The predicted octanol–water partition coefficient (Wildman–Crippen LogP) is 4.00. The summed E-state index contributed by atoms with van der Waals surface area (Å²) < 4.78 is 12.9. The van der Waals surface area contributed by atoms with Crippen molar-refractivity contribution in [2.24, 2.45) is 0 Å². The first-order chi connectivity index (χ1) is 8.90. The molecule has 0 unspecified atom stereocenters. The van der Waals surface area contributed by atoms with Crippen LogP contribution in [0.25, 0.3) is 0 Å². The van der Waals surface area contributed by atoms with Crippen LogP contribution in [0.4, 0.5) is 4.39 Å². The van der Waals surface area contributed by atoms with Gasteiger partial charge in [-0.2, -0.15) is 0 Å². The van der Waals surface area contributed by atoms with Crippen molar-refractivity contribution >= 4 is 0 Å². The van der Waals surface area contributed by atoms with E-state index < -0.39 is 0 Å². The fourth-order valence-corrected chi connectivity index (χ4v) is 2.22. The summed E-state index contributed by atoms with van der Waals surface area (Å²) in [6.07, 6.45) is 1.66. The minimum absolute atomic E-state index is 0.0445. The molecule has 0 saturated carbocycles. The molecule has 0 bridgehead atoms. The number of aryl methyl sites for hydroxylation is 1. The summed E-state index contributed by atoms with van der Waals surface area (Å²) in [6, 6.07) is 6.59. The summed E-state index contributed by atoms with van der Waals surface area (Å²) in [6.45, 7) is 8.64. The summed E-state index contributed by atoms with van der Waals surface area (Å²) in [5, 5.41) is 0. The van der Waals surface area contributed by atoms with Crippen molar-refractivity contribution in [2.45, 2.75) is 46.0 Å². The van der Waals surface area contributed by atoms with Gasteiger partial charge in [0.25, 0.3) is 0 Å². The van der Waals surface area contributed by atoms with Crippen LogP contribution in [-0.2, 0) is 18.3 Å². The maximum absolute atomic E-state index is 12.9. The molecular weight excluding hydrogens is 239 g/mol. The number of hydrogen-bond acceptors (Lipinski definition) is 1. The summed E-state index contributed by atoms with van der Waals surface area (Å²) in [5.41, 5.74) is 3.44. The van der Waals surface area contributed by atoms with Crippen molar-refractivity contribution in [1.82, 2.24) is 9.97 Å². The highest BCUT2D eigenvalue weighted by Gasteiger charge is 2.21. The highest BCUT2D eigenvalue weighted by molar-refractivity contribution is 5.26. The molecule has 2 nitrogen and oxygen atoms in total. The second-order valence-electron chi connectivity index (χ2n) is 5.92. The Morgan fingerprint density at radius 1 is 1.16 bits per heavy atom. The molecule has 102 valence electrons. The Kier molecular flexibility index (Phi) is 3.74. The fraction of sp³-hybridized carbons (Fsp3) is 0.438. The molecule has 1 aromatic carbocycles. The quantitative estimate of drug-likeness (QED) is 0.887. The fourth-order valence-electron chi connectivity index (χ4n) is 2.22. The third-order valence-corrected chi connectivity index (χ3v) is 3.18. The van der Waals surface area contributed by atoms with Gasteiger partial charge in [-0.3, -0.25) is 0 Å². The maximum atomic E-state index is 12.9. The van der Waals surface area contributed by atoms with Crippen LogP contribution in [-0.4, -0.2) is 9.97 Å². The van der Waals surface area contributed by atoms with Crippen LogP contribution in [0.3, 0.4) is 0 Å². The first-order valence-electron chi connectivity index (χ1n) is 6.73. The number of imidazole rings is 1. The van der Waals surface area contributed by atoms with Crippen molar-refractivity contribution in [2.75, 3.05) is 0 Å².